The molecule has 2 aromatic heterocycles. The van der Waals surface area contributed by atoms with Crippen LogP contribution in [0.2, 0.25) is 0 Å². The minimum absolute atomic E-state index is 0.104. The van der Waals surface area contributed by atoms with Crippen molar-refractivity contribution < 1.29 is 0 Å². The average Bonchev–Trinajstić information content (AvgIpc) is 3.04. The number of nitrogens with zero attached hydrogens (tertiary/aromatic N) is 3. The number of rotatable bonds is 4. The van der Waals surface area contributed by atoms with E-state index >= 15 is 0 Å². The molecule has 21 heavy (non-hydrogen) atoms. The lowest BCUT2D eigenvalue weighted by molar-refractivity contribution is 0.648. The summed E-state index contributed by atoms with van der Waals surface area (Å²) in [5.74, 6) is 0.520. The highest BCUT2D eigenvalue weighted by atomic mass is 32.1. The Morgan fingerprint density at radius 2 is 2.05 bits per heavy atom. The molecule has 3 aromatic rings. The summed E-state index contributed by atoms with van der Waals surface area (Å²) in [6, 6.07) is 10.4. The van der Waals surface area contributed by atoms with Crippen molar-refractivity contribution in [1.29, 1.82) is 0 Å². The van der Waals surface area contributed by atoms with Crippen LogP contribution in [0.25, 0.3) is 10.2 Å². The van der Waals surface area contributed by atoms with E-state index in [4.69, 9.17) is 10.7 Å². The molecule has 1 aromatic carbocycles. The van der Waals surface area contributed by atoms with E-state index in [2.05, 4.69) is 31.1 Å². The van der Waals surface area contributed by atoms with E-state index in [1.165, 1.54) is 4.70 Å². The first-order chi connectivity index (χ1) is 10.1. The number of aryl methyl sites for hydroxylation is 1. The molecule has 0 fully saturated rings. The average molecular weight is 300 g/mol. The van der Waals surface area contributed by atoms with Crippen molar-refractivity contribution in [3.8, 4) is 0 Å². The maximum Gasteiger partial charge on any atom is 0.104 e. The van der Waals surface area contributed by atoms with Gasteiger partial charge in [-0.25, -0.2) is 4.98 Å². The van der Waals surface area contributed by atoms with Gasteiger partial charge in [-0.05, 0) is 24.1 Å². The molecule has 3 rings (SSSR count). The van der Waals surface area contributed by atoms with Crippen LogP contribution in [0, 0.1) is 0 Å². The summed E-state index contributed by atoms with van der Waals surface area (Å²) in [5, 5.41) is 5.66. The lowest BCUT2D eigenvalue weighted by Crippen LogP contribution is -2.16. The van der Waals surface area contributed by atoms with Crippen LogP contribution < -0.4 is 5.73 Å². The molecular formula is C16H20N4S. The van der Waals surface area contributed by atoms with Gasteiger partial charge in [-0.15, -0.1) is 11.3 Å². The molecule has 0 bridgehead atoms. The SMILES string of the molecule is CC(C)c1cc(C(CN)c2nc3ccccc3s2)n(C)n1. The predicted octanol–water partition coefficient (Wildman–Crippen LogP) is 3.24. The summed E-state index contributed by atoms with van der Waals surface area (Å²) < 4.78 is 3.15. The van der Waals surface area contributed by atoms with Crippen LogP contribution in [0.15, 0.2) is 30.3 Å². The zero-order valence-corrected chi connectivity index (χ0v) is 13.4. The minimum Gasteiger partial charge on any atom is -0.329 e. The monoisotopic (exact) mass is 300 g/mol. The van der Waals surface area contributed by atoms with Gasteiger partial charge >= 0.3 is 0 Å². The molecule has 0 aliphatic carbocycles. The number of para-hydroxylation sites is 1. The van der Waals surface area contributed by atoms with Gasteiger partial charge in [0.05, 0.1) is 21.8 Å². The second-order valence-electron chi connectivity index (χ2n) is 5.58. The van der Waals surface area contributed by atoms with E-state index in [1.807, 2.05) is 29.9 Å². The maximum atomic E-state index is 6.04. The fourth-order valence-electron chi connectivity index (χ4n) is 2.50. The summed E-state index contributed by atoms with van der Waals surface area (Å²) in [6.45, 7) is 4.85. The molecule has 110 valence electrons. The highest BCUT2D eigenvalue weighted by Gasteiger charge is 2.22. The Morgan fingerprint density at radius 3 is 2.67 bits per heavy atom. The number of hydrogen-bond donors (Lipinski definition) is 1. The molecule has 0 amide bonds. The third-order valence-electron chi connectivity index (χ3n) is 3.73. The molecule has 0 saturated heterocycles. The Kier molecular flexibility index (Phi) is 3.78. The molecule has 1 unspecified atom stereocenters. The van der Waals surface area contributed by atoms with Gasteiger partial charge in [0, 0.05) is 19.3 Å². The van der Waals surface area contributed by atoms with Crippen LogP contribution in [-0.2, 0) is 7.05 Å². The molecule has 5 heteroatoms. The molecule has 4 nitrogen and oxygen atoms in total. The number of aromatic nitrogens is 3. The largest absolute Gasteiger partial charge is 0.329 e. The zero-order chi connectivity index (χ0) is 15.0. The van der Waals surface area contributed by atoms with E-state index in [0.29, 0.717) is 12.5 Å². The molecule has 0 aliphatic rings. The number of benzene rings is 1. The van der Waals surface area contributed by atoms with Crippen LogP contribution in [-0.4, -0.2) is 21.3 Å². The topological polar surface area (TPSA) is 56.7 Å². The molecule has 0 saturated carbocycles. The van der Waals surface area contributed by atoms with Crippen LogP contribution in [0.5, 0.6) is 0 Å². The first-order valence-electron chi connectivity index (χ1n) is 7.19. The lowest BCUT2D eigenvalue weighted by atomic mass is 10.0. The summed E-state index contributed by atoms with van der Waals surface area (Å²) in [4.78, 5) is 4.75. The normalized spacial score (nSPS) is 13.2. The number of thiazole rings is 1. The van der Waals surface area contributed by atoms with Crippen LogP contribution in [0.4, 0.5) is 0 Å². The quantitative estimate of drug-likeness (QED) is 0.804. The van der Waals surface area contributed by atoms with Crippen LogP contribution in [0.3, 0.4) is 0 Å². The molecule has 2 N–H and O–H groups in total. The Bertz CT molecular complexity index is 724. The van der Waals surface area contributed by atoms with E-state index < -0.39 is 0 Å². The molecule has 2 heterocycles. The summed E-state index contributed by atoms with van der Waals surface area (Å²) in [7, 11) is 1.98. The van der Waals surface area contributed by atoms with Crippen molar-refractivity contribution in [1.82, 2.24) is 14.8 Å². The number of fused-ring (bicyclic) bond motifs is 1. The summed E-state index contributed by atoms with van der Waals surface area (Å²) >= 11 is 1.72. The fraction of sp³-hybridized carbons (Fsp3) is 0.375. The van der Waals surface area contributed by atoms with Gasteiger partial charge in [-0.1, -0.05) is 26.0 Å². The van der Waals surface area contributed by atoms with Crippen molar-refractivity contribution in [2.24, 2.45) is 12.8 Å². The third-order valence-corrected chi connectivity index (χ3v) is 4.88. The van der Waals surface area contributed by atoms with E-state index in [-0.39, 0.29) is 5.92 Å². The van der Waals surface area contributed by atoms with Gasteiger partial charge in [0.2, 0.25) is 0 Å². The first kappa shape index (κ1) is 14.2. The summed E-state index contributed by atoms with van der Waals surface area (Å²) in [5.41, 5.74) is 9.33. The van der Waals surface area contributed by atoms with Crippen molar-refractivity contribution in [2.75, 3.05) is 6.54 Å². The van der Waals surface area contributed by atoms with Gasteiger partial charge in [-0.3, -0.25) is 4.68 Å². The highest BCUT2D eigenvalue weighted by Crippen LogP contribution is 2.32. The Labute approximate surface area is 128 Å². The van der Waals surface area contributed by atoms with Crippen LogP contribution >= 0.6 is 11.3 Å². The lowest BCUT2D eigenvalue weighted by Gasteiger charge is -2.11. The second-order valence-corrected chi connectivity index (χ2v) is 6.64. The van der Waals surface area contributed by atoms with E-state index in [9.17, 15) is 0 Å². The molecule has 0 aliphatic heterocycles. The second kappa shape index (κ2) is 5.58. The zero-order valence-electron chi connectivity index (χ0n) is 12.6. The molecule has 1 atom stereocenters. The Balaban J connectivity index is 2.05. The van der Waals surface area contributed by atoms with Crippen molar-refractivity contribution >= 4 is 21.6 Å². The fourth-order valence-corrected chi connectivity index (χ4v) is 3.59. The minimum atomic E-state index is 0.104. The van der Waals surface area contributed by atoms with Crippen molar-refractivity contribution in [3.63, 3.8) is 0 Å². The molecule has 0 radical (unpaired) electrons. The highest BCUT2D eigenvalue weighted by molar-refractivity contribution is 7.18. The maximum absolute atomic E-state index is 6.04. The van der Waals surface area contributed by atoms with E-state index in [0.717, 1.165) is 21.9 Å². The molecular weight excluding hydrogens is 280 g/mol. The van der Waals surface area contributed by atoms with E-state index in [1.54, 1.807) is 11.3 Å². The molecule has 0 spiro atoms. The van der Waals surface area contributed by atoms with Gasteiger partial charge in [-0.2, -0.15) is 5.10 Å². The van der Waals surface area contributed by atoms with Gasteiger partial charge in [0.1, 0.15) is 5.01 Å². The van der Waals surface area contributed by atoms with Crippen LogP contribution in [0.1, 0.15) is 42.1 Å². The van der Waals surface area contributed by atoms with Gasteiger partial charge in [0.15, 0.2) is 0 Å². The van der Waals surface area contributed by atoms with Gasteiger partial charge in [0.25, 0.3) is 0 Å². The Morgan fingerprint density at radius 1 is 1.29 bits per heavy atom. The number of nitrogens with two attached hydrogens (primary N) is 1. The smallest absolute Gasteiger partial charge is 0.104 e. The third kappa shape index (κ3) is 2.59. The first-order valence-corrected chi connectivity index (χ1v) is 8.01. The van der Waals surface area contributed by atoms with Crippen molar-refractivity contribution in [2.45, 2.75) is 25.7 Å². The predicted molar refractivity (Wildman–Crippen MR) is 87.8 cm³/mol. The van der Waals surface area contributed by atoms with Gasteiger partial charge < -0.3 is 5.73 Å². The standard InChI is InChI=1S/C16H20N4S/c1-10(2)13-8-14(20(3)19-13)11(9-17)16-18-12-6-4-5-7-15(12)21-16/h4-8,10-11H,9,17H2,1-3H3. The Hall–Kier alpha value is -1.72. The van der Waals surface area contributed by atoms with Crippen molar-refractivity contribution in [3.05, 3.63) is 46.7 Å². The number of hydrogen-bond acceptors (Lipinski definition) is 4. The summed E-state index contributed by atoms with van der Waals surface area (Å²) in [6.07, 6.45) is 0.